The number of aliphatic hydroxyl groups is 2. The standard InChI is InChI=1S/C95H152O16P2/c1-4-7-10-13-16-19-22-25-28-31-34-37-39-41-43-44-46-48-49-52-54-57-60-63-66-69-72-75-78-81-93(98)105-84-90(96)85-107-112(101,102)108-86-91(97)87-109-113(103,104)110-89-92(111-95(100)83-80-77-74-71-68-65-62-59-56-51-36-33-30-27-24-21-18-15-12-9-6-3)88-106-94(99)82-79-76-73-70-67-64-61-58-55-53-50-47-45-42-40-38-35-32-29-26-23-20-17-14-11-8-5-2/h7-12,16-21,25-30,34-38,41-43,45-46,48,50-51,53,59,62,68,71,90-92,96-97H,4-6,13-15,22-24,31-33,39-40,44,47,49,52,54-58,60-61,63-67,69-70,72-89H2,1-3H3,(H,101,102)(H,103,104)/b10-7-,11-8-,12-9-,19-16-,20-17-,21-18-,28-25-,29-26-,30-27-,37-34-,38-35-,43-41-,45-42-,48-46-,51-36-,53-50-,62-59-,71-68-. The Hall–Kier alpha value is -6.13. The van der Waals surface area contributed by atoms with Gasteiger partial charge in [0.15, 0.2) is 6.10 Å². The van der Waals surface area contributed by atoms with E-state index < -0.39 is 91.5 Å². The second kappa shape index (κ2) is 85.2. The molecule has 0 spiro atoms. The zero-order chi connectivity index (χ0) is 82.2. The fraction of sp³-hybridized carbons (Fsp3) is 0.589. The number of allylic oxidation sites excluding steroid dienone is 36. The molecular weight excluding hydrogens is 1460 g/mol. The van der Waals surface area contributed by atoms with Gasteiger partial charge in [0.25, 0.3) is 0 Å². The smallest absolute Gasteiger partial charge is 0.463 e. The third-order valence-corrected chi connectivity index (χ3v) is 19.1. The van der Waals surface area contributed by atoms with E-state index >= 15 is 0 Å². The number of ether oxygens (including phenoxy) is 3. The lowest BCUT2D eigenvalue weighted by molar-refractivity contribution is -0.161. The normalized spacial score (nSPS) is 14.9. The van der Waals surface area contributed by atoms with Gasteiger partial charge in [-0.2, -0.15) is 0 Å². The van der Waals surface area contributed by atoms with E-state index in [2.05, 4.69) is 240 Å². The van der Waals surface area contributed by atoms with Crippen LogP contribution in [-0.2, 0) is 55.8 Å². The van der Waals surface area contributed by atoms with Crippen LogP contribution in [-0.4, -0.2) is 95.9 Å². The molecule has 0 aromatic heterocycles. The molecule has 18 heteroatoms. The van der Waals surface area contributed by atoms with Crippen molar-refractivity contribution in [3.63, 3.8) is 0 Å². The topological polar surface area (TPSA) is 231 Å². The highest BCUT2D eigenvalue weighted by molar-refractivity contribution is 7.47. The first-order chi connectivity index (χ1) is 55.2. The van der Waals surface area contributed by atoms with Gasteiger partial charge in [0.2, 0.25) is 0 Å². The Morgan fingerprint density at radius 2 is 0.442 bits per heavy atom. The molecule has 0 saturated heterocycles. The van der Waals surface area contributed by atoms with Gasteiger partial charge >= 0.3 is 33.6 Å². The van der Waals surface area contributed by atoms with Gasteiger partial charge in [-0.05, 0) is 173 Å². The van der Waals surface area contributed by atoms with Crippen LogP contribution in [0.4, 0.5) is 0 Å². The highest BCUT2D eigenvalue weighted by Gasteiger charge is 2.29. The van der Waals surface area contributed by atoms with E-state index in [-0.39, 0.29) is 19.3 Å². The number of hydrogen-bond donors (Lipinski definition) is 4. The Kier molecular flexibility index (Phi) is 80.6. The minimum Gasteiger partial charge on any atom is -0.463 e. The summed E-state index contributed by atoms with van der Waals surface area (Å²) in [4.78, 5) is 58.9. The molecule has 0 aliphatic carbocycles. The Balaban J connectivity index is 4.71. The Morgan fingerprint density at radius 1 is 0.248 bits per heavy atom. The first-order valence-corrected chi connectivity index (χ1v) is 46.0. The molecule has 0 radical (unpaired) electrons. The number of phosphoric ester groups is 2. The summed E-state index contributed by atoms with van der Waals surface area (Å²) in [7, 11) is -9.84. The van der Waals surface area contributed by atoms with E-state index in [1.54, 1.807) is 0 Å². The Labute approximate surface area is 685 Å². The number of unbranched alkanes of at least 4 members (excludes halogenated alkanes) is 20. The second-order valence-electron chi connectivity index (χ2n) is 27.8. The van der Waals surface area contributed by atoms with Gasteiger partial charge in [-0.1, -0.05) is 329 Å². The lowest BCUT2D eigenvalue weighted by Gasteiger charge is -2.21. The molecule has 0 rings (SSSR count). The number of rotatable bonds is 79. The van der Waals surface area contributed by atoms with Crippen molar-refractivity contribution in [1.29, 1.82) is 0 Å². The number of phosphoric acid groups is 2. The van der Waals surface area contributed by atoms with Crippen LogP contribution in [0, 0.1) is 0 Å². The van der Waals surface area contributed by atoms with Crippen molar-refractivity contribution >= 4 is 33.6 Å². The molecule has 16 nitrogen and oxygen atoms in total. The summed E-state index contributed by atoms with van der Waals surface area (Å²) in [5.74, 6) is -1.65. The van der Waals surface area contributed by atoms with Crippen molar-refractivity contribution in [3.05, 3.63) is 219 Å². The molecule has 0 fully saturated rings. The van der Waals surface area contributed by atoms with Crippen LogP contribution in [0.5, 0.6) is 0 Å². The highest BCUT2D eigenvalue weighted by atomic mass is 31.2. The van der Waals surface area contributed by atoms with E-state index in [0.29, 0.717) is 25.7 Å². The molecule has 5 atom stereocenters. The predicted octanol–water partition coefficient (Wildman–Crippen LogP) is 26.2. The quantitative estimate of drug-likeness (QED) is 0.0146. The predicted molar refractivity (Wildman–Crippen MR) is 472 cm³/mol. The average Bonchev–Trinajstić information content (AvgIpc) is 0.903. The van der Waals surface area contributed by atoms with Crippen LogP contribution < -0.4 is 0 Å². The van der Waals surface area contributed by atoms with Crippen molar-refractivity contribution in [3.8, 4) is 0 Å². The van der Waals surface area contributed by atoms with Crippen LogP contribution in [0.1, 0.15) is 303 Å². The third-order valence-electron chi connectivity index (χ3n) is 17.2. The summed E-state index contributed by atoms with van der Waals surface area (Å²) in [6, 6.07) is 0. The molecule has 113 heavy (non-hydrogen) atoms. The largest absolute Gasteiger partial charge is 0.472 e. The van der Waals surface area contributed by atoms with E-state index in [4.69, 9.17) is 32.3 Å². The molecule has 0 bridgehead atoms. The van der Waals surface area contributed by atoms with Crippen LogP contribution in [0.25, 0.3) is 0 Å². The number of carbonyl (C=O) groups excluding carboxylic acids is 3. The summed E-state index contributed by atoms with van der Waals surface area (Å²) in [5.41, 5.74) is 0. The first-order valence-electron chi connectivity index (χ1n) is 43.0. The molecule has 0 aromatic rings. The summed E-state index contributed by atoms with van der Waals surface area (Å²) >= 11 is 0. The summed E-state index contributed by atoms with van der Waals surface area (Å²) in [6.07, 6.45) is 115. The van der Waals surface area contributed by atoms with E-state index in [9.17, 15) is 43.5 Å². The Bertz CT molecular complexity index is 2930. The maximum absolute atomic E-state index is 13.0. The summed E-state index contributed by atoms with van der Waals surface area (Å²) in [6.45, 7) is 2.26. The third kappa shape index (κ3) is 86.6. The van der Waals surface area contributed by atoms with Crippen LogP contribution in [0.2, 0.25) is 0 Å². The molecule has 0 aliphatic rings. The summed E-state index contributed by atoms with van der Waals surface area (Å²) < 4.78 is 61.3. The van der Waals surface area contributed by atoms with E-state index in [1.807, 2.05) is 0 Å². The molecule has 4 N–H and O–H groups in total. The molecule has 0 amide bonds. The molecule has 0 saturated carbocycles. The first kappa shape index (κ1) is 107. The maximum atomic E-state index is 13.0. The maximum Gasteiger partial charge on any atom is 0.472 e. The van der Waals surface area contributed by atoms with Gasteiger partial charge in [-0.15, -0.1) is 0 Å². The van der Waals surface area contributed by atoms with Crippen molar-refractivity contribution in [2.75, 3.05) is 39.6 Å². The van der Waals surface area contributed by atoms with Gasteiger partial charge in [0.1, 0.15) is 25.4 Å². The molecule has 0 heterocycles. The monoisotopic (exact) mass is 1610 g/mol. The van der Waals surface area contributed by atoms with Gasteiger partial charge in [0.05, 0.1) is 26.4 Å². The highest BCUT2D eigenvalue weighted by Crippen LogP contribution is 2.45. The number of aliphatic hydroxyl groups excluding tert-OH is 2. The fourth-order valence-corrected chi connectivity index (χ4v) is 12.3. The number of esters is 3. The minimum absolute atomic E-state index is 0.0384. The van der Waals surface area contributed by atoms with Crippen molar-refractivity contribution < 1.29 is 75.8 Å². The summed E-state index contributed by atoms with van der Waals surface area (Å²) in [5, 5.41) is 20.7. The minimum atomic E-state index is -4.96. The lowest BCUT2D eigenvalue weighted by Crippen LogP contribution is -2.30. The number of hydrogen-bond acceptors (Lipinski definition) is 14. The zero-order valence-corrected chi connectivity index (χ0v) is 71.7. The van der Waals surface area contributed by atoms with Gasteiger partial charge in [-0.3, -0.25) is 32.5 Å². The fourth-order valence-electron chi connectivity index (χ4n) is 10.8. The van der Waals surface area contributed by atoms with Crippen molar-refractivity contribution in [2.24, 2.45) is 0 Å². The van der Waals surface area contributed by atoms with Gasteiger partial charge in [-0.25, -0.2) is 9.13 Å². The van der Waals surface area contributed by atoms with E-state index in [0.717, 1.165) is 199 Å². The van der Waals surface area contributed by atoms with Crippen LogP contribution in [0.3, 0.4) is 0 Å². The molecular formula is C95H152O16P2. The van der Waals surface area contributed by atoms with Gasteiger partial charge < -0.3 is 34.2 Å². The lowest BCUT2D eigenvalue weighted by atomic mass is 10.1. The van der Waals surface area contributed by atoms with Crippen molar-refractivity contribution in [1.82, 2.24) is 0 Å². The number of carbonyl (C=O) groups is 3. The molecule has 0 aromatic carbocycles. The average molecular weight is 1610 g/mol. The second-order valence-corrected chi connectivity index (χ2v) is 30.7. The SMILES string of the molecule is CC/C=C\C/C=C\C/C=C\C/C=C\C/C=C\C/C=C\CCCCCCCCCCCCC(=O)OCC(O)COP(=O)(O)OCC(O)COP(=O)(O)OCC(COC(=O)CCCCCCCCCC/C=C\C/C=C\C/C=C\C/C=C\C/C=C\C/C=C\CC)OC(=O)CCCC/C=C\C/C=C\C/C=C\C/C=C\C/C=C\C/C=C\CC. The van der Waals surface area contributed by atoms with Crippen LogP contribution >= 0.6 is 15.6 Å². The van der Waals surface area contributed by atoms with Crippen LogP contribution in [0.15, 0.2) is 219 Å². The zero-order valence-electron chi connectivity index (χ0n) is 70.0. The van der Waals surface area contributed by atoms with E-state index in [1.165, 1.54) is 38.5 Å². The molecule has 5 unspecified atom stereocenters. The molecule has 0 aliphatic heterocycles. The Morgan fingerprint density at radius 3 is 0.717 bits per heavy atom. The van der Waals surface area contributed by atoms with Crippen molar-refractivity contribution in [2.45, 2.75) is 322 Å². The van der Waals surface area contributed by atoms with Gasteiger partial charge in [0, 0.05) is 19.3 Å². The molecule has 638 valence electrons.